The van der Waals surface area contributed by atoms with Crippen LogP contribution in [0, 0.1) is 0 Å². The molecule has 47 heavy (non-hydrogen) atoms. The lowest BCUT2D eigenvalue weighted by Gasteiger charge is -2.31. The second-order valence-electron chi connectivity index (χ2n) is 10.7. The number of rotatable bonds is 10. The number of aliphatic hydroxyl groups excluding tert-OH is 1. The molecule has 0 unspecified atom stereocenters. The van der Waals surface area contributed by atoms with Crippen molar-refractivity contribution >= 4 is 47.4 Å². The molecule has 0 radical (unpaired) electrons. The van der Waals surface area contributed by atoms with Crippen molar-refractivity contribution in [1.82, 2.24) is 42.5 Å². The Hall–Kier alpha value is -5.06. The highest BCUT2D eigenvalue weighted by Crippen LogP contribution is 2.07. The molecule has 0 aromatic carbocycles. The molecular formula is C25H44N14O8. The topological polar surface area (TPSA) is 378 Å². The molecule has 0 saturated carbocycles. The van der Waals surface area contributed by atoms with Crippen LogP contribution in [0.25, 0.3) is 0 Å². The number of aliphatic hydroxyl groups is 1. The minimum Gasteiger partial charge on any atom is -0.394 e. The first-order chi connectivity index (χ1) is 22.2. The van der Waals surface area contributed by atoms with Crippen LogP contribution in [0.2, 0.25) is 0 Å². The summed E-state index contributed by atoms with van der Waals surface area (Å²) < 4.78 is 0. The van der Waals surface area contributed by atoms with Gasteiger partial charge in [-0.25, -0.2) is 4.79 Å². The number of nitrogens with zero attached hydrogens (tertiary/aromatic N) is 1. The quantitative estimate of drug-likeness (QED) is 0.0963. The second-order valence-corrected chi connectivity index (χ2v) is 10.7. The fourth-order valence-electron chi connectivity index (χ4n) is 4.35. The third-order valence-electron chi connectivity index (χ3n) is 6.90. The van der Waals surface area contributed by atoms with Crippen LogP contribution in [0.15, 0.2) is 16.9 Å². The van der Waals surface area contributed by atoms with Gasteiger partial charge in [0.15, 0.2) is 5.96 Å². The first kappa shape index (κ1) is 38.1. The van der Waals surface area contributed by atoms with Crippen molar-refractivity contribution in [2.24, 2.45) is 33.7 Å². The van der Waals surface area contributed by atoms with Crippen LogP contribution >= 0.6 is 0 Å². The van der Waals surface area contributed by atoms with E-state index < -0.39 is 103 Å². The van der Waals surface area contributed by atoms with Gasteiger partial charge in [-0.15, -0.1) is 0 Å². The first-order valence-electron chi connectivity index (χ1n) is 14.7. The highest BCUT2D eigenvalue weighted by Gasteiger charge is 2.35. The number of carbonyl (C=O) groups is 7. The van der Waals surface area contributed by atoms with Crippen molar-refractivity contribution in [2.75, 3.05) is 32.8 Å². The van der Waals surface area contributed by atoms with Crippen LogP contribution in [0.1, 0.15) is 25.7 Å². The van der Waals surface area contributed by atoms with Crippen LogP contribution in [0.5, 0.6) is 0 Å². The zero-order valence-electron chi connectivity index (χ0n) is 25.5. The molecule has 1 fully saturated rings. The summed E-state index contributed by atoms with van der Waals surface area (Å²) in [5.74, 6) is -5.62. The van der Waals surface area contributed by atoms with E-state index in [2.05, 4.69) is 42.2 Å². The number of hydrogen-bond donors (Lipinski definition) is 14. The van der Waals surface area contributed by atoms with Crippen molar-refractivity contribution < 1.29 is 38.7 Å². The summed E-state index contributed by atoms with van der Waals surface area (Å²) in [6, 6.07) is -8.54. The Labute approximate surface area is 269 Å². The largest absolute Gasteiger partial charge is 0.394 e. The monoisotopic (exact) mass is 668 g/mol. The molecule has 19 N–H and O–H groups in total. The normalized spacial score (nSPS) is 26.3. The molecule has 1 saturated heterocycles. The molecule has 2 rings (SSSR count). The summed E-state index contributed by atoms with van der Waals surface area (Å²) >= 11 is 0. The van der Waals surface area contributed by atoms with Crippen LogP contribution in [-0.4, -0.2) is 122 Å². The first-order valence-corrected chi connectivity index (χ1v) is 14.7. The average molecular weight is 669 g/mol. The number of urea groups is 1. The standard InChI is InChI=1S/C25H44N14O8/c26-4-1-2-11(27)6-17(41)32-8-14-20(43)35-15(9-34-25(30)47)21(44)39-18(13-3-5-31-24(29)38-13)23(46)33-7-12(28)19(42)37-16(10-40)22(45)36-14/h9,11-14,16,18,40H,1-8,10,26-28H2,(H,32,41)(H,33,46)(H,35,43)(H,36,45)(H,37,42)(H,39,44)(H3,29,31,38)(H3,30,34,47)/b15-9-/t11-,12+,13+,14-,16-,18+/m0/s1. The lowest BCUT2D eigenvalue weighted by atomic mass is 10.0. The molecule has 0 bridgehead atoms. The van der Waals surface area contributed by atoms with Crippen LogP contribution in [0.4, 0.5) is 4.79 Å². The lowest BCUT2D eigenvalue weighted by molar-refractivity contribution is -0.134. The van der Waals surface area contributed by atoms with E-state index in [0.717, 1.165) is 6.20 Å². The molecule has 6 atom stereocenters. The number of nitrogens with one attached hydrogen (secondary N) is 8. The van der Waals surface area contributed by atoms with E-state index in [1.54, 1.807) is 0 Å². The van der Waals surface area contributed by atoms with Gasteiger partial charge in [0.1, 0.15) is 29.9 Å². The molecule has 262 valence electrons. The van der Waals surface area contributed by atoms with Crippen molar-refractivity contribution in [3.63, 3.8) is 0 Å². The summed E-state index contributed by atoms with van der Waals surface area (Å²) in [6.45, 7) is -1.36. The van der Waals surface area contributed by atoms with E-state index in [4.69, 9.17) is 28.7 Å². The fourth-order valence-corrected chi connectivity index (χ4v) is 4.35. The Morgan fingerprint density at radius 3 is 2.36 bits per heavy atom. The van der Waals surface area contributed by atoms with E-state index in [1.807, 2.05) is 5.32 Å². The van der Waals surface area contributed by atoms with E-state index in [-0.39, 0.29) is 25.3 Å². The van der Waals surface area contributed by atoms with Gasteiger partial charge in [-0.05, 0) is 25.8 Å². The van der Waals surface area contributed by atoms with E-state index in [9.17, 15) is 38.7 Å². The van der Waals surface area contributed by atoms with Gasteiger partial charge in [-0.1, -0.05) is 0 Å². The number of carbonyl (C=O) groups excluding carboxylic acids is 7. The van der Waals surface area contributed by atoms with Crippen molar-refractivity contribution in [3.05, 3.63) is 11.9 Å². The smallest absolute Gasteiger partial charge is 0.316 e. The summed E-state index contributed by atoms with van der Waals surface area (Å²) in [7, 11) is 0. The van der Waals surface area contributed by atoms with Crippen LogP contribution in [0.3, 0.4) is 0 Å². The van der Waals surface area contributed by atoms with Gasteiger partial charge >= 0.3 is 6.03 Å². The highest BCUT2D eigenvalue weighted by atomic mass is 16.3. The number of guanidine groups is 1. The number of amides is 8. The zero-order chi connectivity index (χ0) is 35.1. The molecule has 0 aliphatic carbocycles. The summed E-state index contributed by atoms with van der Waals surface area (Å²) in [5, 5.41) is 28.7. The molecule has 22 heteroatoms. The molecule has 8 amide bonds. The Kier molecular flexibility index (Phi) is 15.2. The van der Waals surface area contributed by atoms with Crippen LogP contribution < -0.4 is 71.2 Å². The molecule has 2 heterocycles. The second kappa shape index (κ2) is 18.8. The van der Waals surface area contributed by atoms with Crippen molar-refractivity contribution in [2.45, 2.75) is 61.9 Å². The highest BCUT2D eigenvalue weighted by molar-refractivity contribution is 6.02. The maximum Gasteiger partial charge on any atom is 0.316 e. The minimum absolute atomic E-state index is 0.0120. The summed E-state index contributed by atoms with van der Waals surface area (Å²) in [4.78, 5) is 93.9. The summed E-state index contributed by atoms with van der Waals surface area (Å²) in [5.41, 5.74) is 27.6. The predicted molar refractivity (Wildman–Crippen MR) is 165 cm³/mol. The van der Waals surface area contributed by atoms with E-state index >= 15 is 0 Å². The number of aliphatic imine (C=N–C) groups is 1. The van der Waals surface area contributed by atoms with Crippen LogP contribution in [-0.2, 0) is 28.8 Å². The Morgan fingerprint density at radius 2 is 1.72 bits per heavy atom. The maximum atomic E-state index is 13.5. The van der Waals surface area contributed by atoms with Gasteiger partial charge in [-0.2, -0.15) is 0 Å². The minimum atomic E-state index is -1.63. The molecule has 0 aromatic heterocycles. The maximum absolute atomic E-state index is 13.5. The Bertz CT molecular complexity index is 1240. The number of nitrogens with two attached hydrogens (primary N) is 5. The lowest BCUT2D eigenvalue weighted by Crippen LogP contribution is -2.64. The van der Waals surface area contributed by atoms with Gasteiger partial charge in [-0.3, -0.25) is 33.8 Å². The van der Waals surface area contributed by atoms with Gasteiger partial charge in [0.2, 0.25) is 29.5 Å². The van der Waals surface area contributed by atoms with Gasteiger partial charge in [0.05, 0.1) is 12.6 Å². The molecular weight excluding hydrogens is 624 g/mol. The SMILES string of the molecule is NCCC[C@H](N)CC(=O)NC[C@@H]1NC(=O)[C@H](CO)NC(=O)[C@H](N)CNC(=O)[C@@H]([C@H]2CCN=C(N)N2)NC(=O)/C(=C/NC(N)=O)NC1=O. The van der Waals surface area contributed by atoms with E-state index in [1.165, 1.54) is 0 Å². The van der Waals surface area contributed by atoms with Crippen molar-refractivity contribution in [3.8, 4) is 0 Å². The summed E-state index contributed by atoms with van der Waals surface area (Å²) in [6.07, 6.45) is 1.86. The third kappa shape index (κ3) is 12.7. The van der Waals surface area contributed by atoms with Gasteiger partial charge in [0, 0.05) is 38.3 Å². The Morgan fingerprint density at radius 1 is 1.02 bits per heavy atom. The van der Waals surface area contributed by atoms with E-state index in [0.29, 0.717) is 19.4 Å². The molecule has 2 aliphatic heterocycles. The fraction of sp³-hybridized carbons (Fsp3) is 0.600. The molecule has 0 spiro atoms. The van der Waals surface area contributed by atoms with Gasteiger partial charge < -0.3 is 76.3 Å². The predicted octanol–water partition coefficient (Wildman–Crippen LogP) is -8.23. The number of primary amides is 1. The molecule has 22 nitrogen and oxygen atoms in total. The van der Waals surface area contributed by atoms with Gasteiger partial charge in [0.25, 0.3) is 5.91 Å². The Balaban J connectivity index is 2.45. The van der Waals surface area contributed by atoms with Crippen molar-refractivity contribution in [1.29, 1.82) is 0 Å². The zero-order valence-corrected chi connectivity index (χ0v) is 25.5. The molecule has 0 aromatic rings. The molecule has 2 aliphatic rings. The number of hydrogen-bond acceptors (Lipinski definition) is 14. The third-order valence-corrected chi connectivity index (χ3v) is 6.90. The average Bonchev–Trinajstić information content (AvgIpc) is 3.02.